The second-order valence-corrected chi connectivity index (χ2v) is 8.60. The summed E-state index contributed by atoms with van der Waals surface area (Å²) in [7, 11) is -3.62. The lowest BCUT2D eigenvalue weighted by Crippen LogP contribution is -2.46. The minimum Gasteiger partial charge on any atom is -0.314 e. The number of hydrogen-bond donors (Lipinski definition) is 1. The van der Waals surface area contributed by atoms with Gasteiger partial charge in [0.15, 0.2) is 0 Å². The van der Waals surface area contributed by atoms with Crippen molar-refractivity contribution in [3.8, 4) is 0 Å². The SMILES string of the molecule is O=S(=O)(c1ccc(C2=CN=C3CC(F)=CC=C23)cc1Cl)N1CCNCC1. The summed E-state index contributed by atoms with van der Waals surface area (Å²) in [5, 5.41) is 3.31. The van der Waals surface area contributed by atoms with Crippen molar-refractivity contribution in [1.82, 2.24) is 9.62 Å². The summed E-state index contributed by atoms with van der Waals surface area (Å²) in [6.45, 7) is 2.10. The molecule has 0 amide bonds. The van der Waals surface area contributed by atoms with Crippen molar-refractivity contribution in [2.75, 3.05) is 26.2 Å². The lowest BCUT2D eigenvalue weighted by molar-refractivity contribution is 0.360. The van der Waals surface area contributed by atoms with Gasteiger partial charge in [0.25, 0.3) is 0 Å². The summed E-state index contributed by atoms with van der Waals surface area (Å²) in [6, 6.07) is 4.89. The van der Waals surface area contributed by atoms with Crippen LogP contribution in [0.2, 0.25) is 5.02 Å². The van der Waals surface area contributed by atoms with Crippen LogP contribution in [0, 0.1) is 0 Å². The fourth-order valence-corrected chi connectivity index (χ4v) is 5.25. The highest BCUT2D eigenvalue weighted by Crippen LogP contribution is 2.36. The van der Waals surface area contributed by atoms with E-state index in [0.717, 1.165) is 16.7 Å². The molecule has 1 aliphatic carbocycles. The maximum Gasteiger partial charge on any atom is 0.244 e. The van der Waals surface area contributed by atoms with Crippen molar-refractivity contribution >= 4 is 32.9 Å². The van der Waals surface area contributed by atoms with Gasteiger partial charge in [-0.05, 0) is 29.8 Å². The number of piperazine rings is 1. The monoisotopic (exact) mass is 393 g/mol. The Bertz CT molecular complexity index is 990. The van der Waals surface area contributed by atoms with Crippen LogP contribution in [0.3, 0.4) is 0 Å². The first-order chi connectivity index (χ1) is 12.5. The topological polar surface area (TPSA) is 61.8 Å². The molecular formula is C18H17ClFN3O2S. The number of halogens is 2. The van der Waals surface area contributed by atoms with Crippen molar-refractivity contribution in [3.05, 3.63) is 58.5 Å². The van der Waals surface area contributed by atoms with E-state index in [0.29, 0.717) is 31.9 Å². The third-order valence-corrected chi connectivity index (χ3v) is 7.04. The molecule has 3 aliphatic rings. The van der Waals surface area contributed by atoms with E-state index in [2.05, 4.69) is 10.3 Å². The molecule has 1 N–H and O–H groups in total. The number of nitrogens with zero attached hydrogens (tertiary/aromatic N) is 2. The Kier molecular flexibility index (Phi) is 4.56. The minimum absolute atomic E-state index is 0.105. The van der Waals surface area contributed by atoms with Gasteiger partial charge in [-0.25, -0.2) is 12.8 Å². The van der Waals surface area contributed by atoms with E-state index >= 15 is 0 Å². The lowest BCUT2D eigenvalue weighted by atomic mass is 9.93. The molecule has 0 aromatic heterocycles. The molecule has 1 saturated heterocycles. The Morgan fingerprint density at radius 3 is 2.65 bits per heavy atom. The summed E-state index contributed by atoms with van der Waals surface area (Å²) in [5.74, 6) is -0.224. The van der Waals surface area contributed by atoms with Crippen molar-refractivity contribution in [3.63, 3.8) is 0 Å². The smallest absolute Gasteiger partial charge is 0.244 e. The molecule has 0 radical (unpaired) electrons. The average molecular weight is 394 g/mol. The number of rotatable bonds is 3. The highest BCUT2D eigenvalue weighted by molar-refractivity contribution is 7.89. The first-order valence-corrected chi connectivity index (χ1v) is 10.1. The number of sulfonamides is 1. The first-order valence-electron chi connectivity index (χ1n) is 8.31. The van der Waals surface area contributed by atoms with Crippen molar-refractivity contribution < 1.29 is 12.8 Å². The van der Waals surface area contributed by atoms with Gasteiger partial charge in [-0.2, -0.15) is 4.31 Å². The van der Waals surface area contributed by atoms with Gasteiger partial charge >= 0.3 is 0 Å². The largest absolute Gasteiger partial charge is 0.314 e. The zero-order valence-electron chi connectivity index (χ0n) is 13.9. The maximum atomic E-state index is 13.4. The number of nitrogens with one attached hydrogen (secondary N) is 1. The van der Waals surface area contributed by atoms with E-state index in [4.69, 9.17) is 11.6 Å². The van der Waals surface area contributed by atoms with Crippen molar-refractivity contribution in [1.29, 1.82) is 0 Å². The van der Waals surface area contributed by atoms with Gasteiger partial charge in [0.05, 0.1) is 10.7 Å². The summed E-state index contributed by atoms with van der Waals surface area (Å²) >= 11 is 6.33. The van der Waals surface area contributed by atoms with Crippen LogP contribution in [0.4, 0.5) is 4.39 Å². The zero-order valence-corrected chi connectivity index (χ0v) is 15.4. The molecule has 0 saturated carbocycles. The van der Waals surface area contributed by atoms with E-state index in [9.17, 15) is 12.8 Å². The number of benzene rings is 1. The second kappa shape index (κ2) is 6.74. The molecule has 2 aliphatic heterocycles. The van der Waals surface area contributed by atoms with Gasteiger partial charge in [0.2, 0.25) is 10.0 Å². The van der Waals surface area contributed by atoms with E-state index < -0.39 is 10.0 Å². The highest BCUT2D eigenvalue weighted by Gasteiger charge is 2.29. The van der Waals surface area contributed by atoms with E-state index in [1.165, 1.54) is 16.4 Å². The van der Waals surface area contributed by atoms with Crippen LogP contribution in [-0.2, 0) is 10.0 Å². The minimum atomic E-state index is -3.62. The van der Waals surface area contributed by atoms with E-state index in [1.807, 2.05) is 0 Å². The number of fused-ring (bicyclic) bond motifs is 1. The molecule has 136 valence electrons. The predicted octanol–water partition coefficient (Wildman–Crippen LogP) is 2.91. The molecule has 1 fully saturated rings. The molecule has 26 heavy (non-hydrogen) atoms. The molecule has 1 aromatic rings. The molecule has 0 unspecified atom stereocenters. The van der Waals surface area contributed by atoms with Crippen LogP contribution in [0.15, 0.2) is 57.8 Å². The van der Waals surface area contributed by atoms with Gasteiger partial charge in [-0.1, -0.05) is 17.7 Å². The van der Waals surface area contributed by atoms with Crippen LogP contribution in [0.5, 0.6) is 0 Å². The molecule has 0 atom stereocenters. The Balaban J connectivity index is 1.65. The fourth-order valence-electron chi connectivity index (χ4n) is 3.29. The normalized spacial score (nSPS) is 20.8. The third kappa shape index (κ3) is 3.05. The molecule has 2 heterocycles. The van der Waals surface area contributed by atoms with E-state index in [1.54, 1.807) is 24.4 Å². The number of hydrogen-bond acceptors (Lipinski definition) is 4. The Morgan fingerprint density at radius 2 is 1.92 bits per heavy atom. The molecule has 1 aromatic carbocycles. The molecule has 8 heteroatoms. The zero-order chi connectivity index (χ0) is 18.3. The van der Waals surface area contributed by atoms with Crippen LogP contribution in [-0.4, -0.2) is 44.6 Å². The maximum absolute atomic E-state index is 13.4. The van der Waals surface area contributed by atoms with Gasteiger partial charge in [0, 0.05) is 49.9 Å². The summed E-state index contributed by atoms with van der Waals surface area (Å²) in [6.07, 6.45) is 4.97. The van der Waals surface area contributed by atoms with Crippen molar-refractivity contribution in [2.24, 2.45) is 4.99 Å². The third-order valence-electron chi connectivity index (χ3n) is 4.65. The van der Waals surface area contributed by atoms with Crippen LogP contribution in [0.1, 0.15) is 12.0 Å². The fraction of sp³-hybridized carbons (Fsp3) is 0.278. The Labute approximate surface area is 156 Å². The van der Waals surface area contributed by atoms with Crippen LogP contribution >= 0.6 is 11.6 Å². The van der Waals surface area contributed by atoms with Gasteiger partial charge < -0.3 is 5.32 Å². The van der Waals surface area contributed by atoms with Crippen molar-refractivity contribution in [2.45, 2.75) is 11.3 Å². The van der Waals surface area contributed by atoms with Gasteiger partial charge in [0.1, 0.15) is 10.7 Å². The second-order valence-electron chi connectivity index (χ2n) is 6.29. The predicted molar refractivity (Wildman–Crippen MR) is 100 cm³/mol. The van der Waals surface area contributed by atoms with Gasteiger partial charge in [-0.15, -0.1) is 0 Å². The quantitative estimate of drug-likeness (QED) is 0.858. The molecular weight excluding hydrogens is 377 g/mol. The van der Waals surface area contributed by atoms with Crippen LogP contribution in [0.25, 0.3) is 5.57 Å². The van der Waals surface area contributed by atoms with E-state index in [-0.39, 0.29) is 22.2 Å². The molecule has 4 rings (SSSR count). The molecule has 5 nitrogen and oxygen atoms in total. The Hall–Kier alpha value is -1.80. The number of aliphatic imine (C=N–C) groups is 1. The lowest BCUT2D eigenvalue weighted by Gasteiger charge is -2.27. The highest BCUT2D eigenvalue weighted by atomic mass is 35.5. The first kappa shape index (κ1) is 17.6. The number of allylic oxidation sites excluding steroid dienone is 5. The Morgan fingerprint density at radius 1 is 1.15 bits per heavy atom. The average Bonchev–Trinajstić information content (AvgIpc) is 3.05. The van der Waals surface area contributed by atoms with Gasteiger partial charge in [-0.3, -0.25) is 4.99 Å². The molecule has 0 bridgehead atoms. The van der Waals surface area contributed by atoms with Crippen LogP contribution < -0.4 is 5.32 Å². The summed E-state index contributed by atoms with van der Waals surface area (Å²) in [4.78, 5) is 4.37. The summed E-state index contributed by atoms with van der Waals surface area (Å²) in [5.41, 5.74) is 3.10. The standard InChI is InChI=1S/C18H17ClFN3O2S/c19-16-9-12(15-11-22-17-10-13(20)2-3-14(15)17)1-4-18(16)26(24,25)23-7-5-21-6-8-23/h1-4,9,11,21H,5-8,10H2. The molecule has 0 spiro atoms. The summed E-state index contributed by atoms with van der Waals surface area (Å²) < 4.78 is 40.5.